The van der Waals surface area contributed by atoms with E-state index < -0.39 is 0 Å². The molecule has 5 nitrogen and oxygen atoms in total. The van der Waals surface area contributed by atoms with E-state index in [2.05, 4.69) is 15.4 Å². The van der Waals surface area contributed by atoms with Crippen molar-refractivity contribution in [2.75, 3.05) is 0 Å². The molecule has 0 aliphatic heterocycles. The van der Waals surface area contributed by atoms with E-state index in [-0.39, 0.29) is 11.9 Å². The molecule has 0 aromatic carbocycles. The van der Waals surface area contributed by atoms with Crippen molar-refractivity contribution in [3.05, 3.63) is 47.0 Å². The molecule has 0 fully saturated rings. The number of pyridine rings is 1. The molecule has 1 atom stereocenters. The van der Waals surface area contributed by atoms with Crippen LogP contribution in [0, 0.1) is 0 Å². The Morgan fingerprint density at radius 2 is 2.16 bits per heavy atom. The molecule has 2 heterocycles. The molecule has 0 bridgehead atoms. The summed E-state index contributed by atoms with van der Waals surface area (Å²) in [5, 5.41) is 7.24. The van der Waals surface area contributed by atoms with Crippen molar-refractivity contribution in [3.63, 3.8) is 0 Å². The van der Waals surface area contributed by atoms with E-state index in [4.69, 9.17) is 11.6 Å². The van der Waals surface area contributed by atoms with Crippen LogP contribution in [0.4, 0.5) is 0 Å². The molecule has 0 aliphatic rings. The number of carbonyl (C=O) groups excluding carboxylic acids is 1. The van der Waals surface area contributed by atoms with Gasteiger partial charge in [0.2, 0.25) is 0 Å². The minimum absolute atomic E-state index is 0.0632. The molecule has 19 heavy (non-hydrogen) atoms. The summed E-state index contributed by atoms with van der Waals surface area (Å²) >= 11 is 6.01. The van der Waals surface area contributed by atoms with Crippen LogP contribution < -0.4 is 5.32 Å². The number of aromatic nitrogens is 3. The minimum Gasteiger partial charge on any atom is -0.345 e. The van der Waals surface area contributed by atoms with Crippen LogP contribution in [0.15, 0.2) is 30.7 Å². The maximum atomic E-state index is 12.2. The first-order valence-corrected chi connectivity index (χ1v) is 6.39. The van der Waals surface area contributed by atoms with Gasteiger partial charge < -0.3 is 5.32 Å². The first kappa shape index (κ1) is 13.5. The Balaban J connectivity index is 2.15. The van der Waals surface area contributed by atoms with Gasteiger partial charge in [0.1, 0.15) is 5.15 Å². The van der Waals surface area contributed by atoms with Crippen LogP contribution in [0.2, 0.25) is 5.15 Å². The molecular weight excluding hydrogens is 264 g/mol. The summed E-state index contributed by atoms with van der Waals surface area (Å²) < 4.78 is 1.46. The number of rotatable bonds is 4. The van der Waals surface area contributed by atoms with Crippen LogP contribution in [0.3, 0.4) is 0 Å². The van der Waals surface area contributed by atoms with Gasteiger partial charge in [-0.3, -0.25) is 14.5 Å². The highest BCUT2D eigenvalue weighted by Gasteiger charge is 2.18. The molecule has 0 radical (unpaired) electrons. The lowest BCUT2D eigenvalue weighted by Crippen LogP contribution is -2.28. The molecule has 1 N–H and O–H groups in total. The first-order chi connectivity index (χ1) is 9.13. The van der Waals surface area contributed by atoms with Crippen molar-refractivity contribution in [1.82, 2.24) is 20.1 Å². The minimum atomic E-state index is -0.221. The quantitative estimate of drug-likeness (QED) is 0.934. The molecule has 2 aromatic rings. The second kappa shape index (κ2) is 5.84. The Morgan fingerprint density at radius 3 is 2.68 bits per heavy atom. The maximum absolute atomic E-state index is 12.2. The normalized spacial score (nSPS) is 12.2. The highest BCUT2D eigenvalue weighted by molar-refractivity contribution is 6.32. The van der Waals surface area contributed by atoms with Gasteiger partial charge in [-0.1, -0.05) is 18.5 Å². The molecule has 2 aromatic heterocycles. The molecule has 1 amide bonds. The molecule has 0 aliphatic carbocycles. The molecule has 0 spiro atoms. The van der Waals surface area contributed by atoms with Crippen molar-refractivity contribution in [3.8, 4) is 0 Å². The third kappa shape index (κ3) is 2.93. The van der Waals surface area contributed by atoms with E-state index in [1.807, 2.05) is 19.1 Å². The standard InChI is InChI=1S/C13H15ClN4O/c1-3-11(9-4-6-15-7-5-9)17-13(19)10-8-16-18(2)12(10)14/h4-8,11H,3H2,1-2H3,(H,17,19). The fourth-order valence-electron chi connectivity index (χ4n) is 1.83. The number of carbonyl (C=O) groups is 1. The summed E-state index contributed by atoms with van der Waals surface area (Å²) in [4.78, 5) is 16.1. The zero-order valence-corrected chi connectivity index (χ0v) is 11.6. The van der Waals surface area contributed by atoms with Gasteiger partial charge in [0.15, 0.2) is 0 Å². The smallest absolute Gasteiger partial charge is 0.256 e. The fraction of sp³-hybridized carbons (Fsp3) is 0.308. The Morgan fingerprint density at radius 1 is 1.47 bits per heavy atom. The van der Waals surface area contributed by atoms with E-state index in [9.17, 15) is 4.79 Å². The third-order valence-electron chi connectivity index (χ3n) is 2.93. The second-order valence-electron chi connectivity index (χ2n) is 4.19. The number of hydrogen-bond acceptors (Lipinski definition) is 3. The number of amides is 1. The van der Waals surface area contributed by atoms with Gasteiger partial charge in [0.05, 0.1) is 17.8 Å². The number of nitrogens with zero attached hydrogens (tertiary/aromatic N) is 3. The summed E-state index contributed by atoms with van der Waals surface area (Å²) in [5.41, 5.74) is 1.41. The maximum Gasteiger partial charge on any atom is 0.256 e. The first-order valence-electron chi connectivity index (χ1n) is 6.01. The molecule has 100 valence electrons. The van der Waals surface area contributed by atoms with Gasteiger partial charge in [-0.2, -0.15) is 5.10 Å². The Bertz CT molecular complexity index is 567. The SMILES string of the molecule is CCC(NC(=O)c1cnn(C)c1Cl)c1ccncc1. The summed E-state index contributed by atoms with van der Waals surface area (Å²) in [7, 11) is 1.69. The van der Waals surface area contributed by atoms with Gasteiger partial charge in [-0.05, 0) is 24.1 Å². The van der Waals surface area contributed by atoms with Gasteiger partial charge in [-0.15, -0.1) is 0 Å². The van der Waals surface area contributed by atoms with Crippen molar-refractivity contribution in [2.24, 2.45) is 7.05 Å². The molecule has 0 saturated carbocycles. The van der Waals surface area contributed by atoms with Gasteiger partial charge >= 0.3 is 0 Å². The summed E-state index contributed by atoms with van der Waals surface area (Å²) in [6.45, 7) is 2.01. The predicted molar refractivity (Wildman–Crippen MR) is 73.0 cm³/mol. The molecule has 6 heteroatoms. The topological polar surface area (TPSA) is 59.8 Å². The van der Waals surface area contributed by atoms with Gasteiger partial charge in [-0.25, -0.2) is 0 Å². The lowest BCUT2D eigenvalue weighted by molar-refractivity contribution is 0.0935. The molecule has 2 rings (SSSR count). The van der Waals surface area contributed by atoms with Gasteiger partial charge in [0, 0.05) is 19.4 Å². The van der Waals surface area contributed by atoms with Crippen LogP contribution in [-0.2, 0) is 7.05 Å². The van der Waals surface area contributed by atoms with E-state index in [1.54, 1.807) is 19.4 Å². The van der Waals surface area contributed by atoms with Gasteiger partial charge in [0.25, 0.3) is 5.91 Å². The largest absolute Gasteiger partial charge is 0.345 e. The van der Waals surface area contributed by atoms with Crippen molar-refractivity contribution >= 4 is 17.5 Å². The summed E-state index contributed by atoms with van der Waals surface area (Å²) in [5.74, 6) is -0.221. The Kier molecular flexibility index (Phi) is 4.16. The molecule has 1 unspecified atom stereocenters. The Labute approximate surface area is 116 Å². The van der Waals surface area contributed by atoms with Crippen LogP contribution in [0.1, 0.15) is 35.3 Å². The number of aryl methyl sites for hydroxylation is 1. The van der Waals surface area contributed by atoms with Crippen LogP contribution in [0.25, 0.3) is 0 Å². The van der Waals surface area contributed by atoms with Crippen LogP contribution >= 0.6 is 11.6 Å². The van der Waals surface area contributed by atoms with Crippen LogP contribution in [-0.4, -0.2) is 20.7 Å². The lowest BCUT2D eigenvalue weighted by Gasteiger charge is -2.16. The average molecular weight is 279 g/mol. The van der Waals surface area contributed by atoms with Crippen molar-refractivity contribution in [2.45, 2.75) is 19.4 Å². The second-order valence-corrected chi connectivity index (χ2v) is 4.55. The summed E-state index contributed by atoms with van der Waals surface area (Å²) in [6.07, 6.45) is 5.67. The highest BCUT2D eigenvalue weighted by atomic mass is 35.5. The third-order valence-corrected chi connectivity index (χ3v) is 3.38. The lowest BCUT2D eigenvalue weighted by atomic mass is 10.1. The fourth-order valence-corrected chi connectivity index (χ4v) is 2.01. The van der Waals surface area contributed by atoms with Crippen molar-refractivity contribution in [1.29, 1.82) is 0 Å². The number of halogens is 1. The average Bonchev–Trinajstić information content (AvgIpc) is 2.77. The number of nitrogens with one attached hydrogen (secondary N) is 1. The highest BCUT2D eigenvalue weighted by Crippen LogP contribution is 2.19. The summed E-state index contributed by atoms with van der Waals surface area (Å²) in [6, 6.07) is 3.71. The van der Waals surface area contributed by atoms with Crippen LogP contribution in [0.5, 0.6) is 0 Å². The van der Waals surface area contributed by atoms with E-state index in [0.717, 1.165) is 12.0 Å². The van der Waals surface area contributed by atoms with E-state index in [1.165, 1.54) is 10.9 Å². The van der Waals surface area contributed by atoms with Crippen molar-refractivity contribution < 1.29 is 4.79 Å². The zero-order valence-electron chi connectivity index (χ0n) is 10.8. The van der Waals surface area contributed by atoms with E-state index >= 15 is 0 Å². The molecular formula is C13H15ClN4O. The van der Waals surface area contributed by atoms with E-state index in [0.29, 0.717) is 10.7 Å². The monoisotopic (exact) mass is 278 g/mol. The molecule has 0 saturated heterocycles. The Hall–Kier alpha value is -1.88. The predicted octanol–water partition coefficient (Wildman–Crippen LogP) is 2.35. The number of hydrogen-bond donors (Lipinski definition) is 1. The zero-order chi connectivity index (χ0) is 13.8.